The first kappa shape index (κ1) is 24.9. The van der Waals surface area contributed by atoms with Crippen LogP contribution in [0.4, 0.5) is 8.78 Å². The third kappa shape index (κ3) is 6.09. The van der Waals surface area contributed by atoms with Gasteiger partial charge in [-0.3, -0.25) is 0 Å². The number of benzene rings is 1. The van der Waals surface area contributed by atoms with E-state index >= 15 is 4.39 Å². The minimum atomic E-state index is -0.583. The number of unbranched alkanes of at least 4 members (excludes halogenated alkanes) is 3. The molecule has 0 amide bonds. The van der Waals surface area contributed by atoms with Gasteiger partial charge in [-0.05, 0) is 117 Å². The van der Waals surface area contributed by atoms with Crippen LogP contribution in [0.2, 0.25) is 0 Å². The molecular weight excluding hydrogens is 410 g/mol. The van der Waals surface area contributed by atoms with Crippen molar-refractivity contribution in [2.24, 2.45) is 29.6 Å². The van der Waals surface area contributed by atoms with E-state index in [-0.39, 0.29) is 0 Å². The molecule has 1 aromatic carbocycles. The lowest BCUT2D eigenvalue weighted by Gasteiger charge is -2.45. The first-order valence-corrected chi connectivity index (χ1v) is 14.2. The first-order valence-electron chi connectivity index (χ1n) is 14.2. The lowest BCUT2D eigenvalue weighted by molar-refractivity contribution is 0.0686. The summed E-state index contributed by atoms with van der Waals surface area (Å²) in [5, 5.41) is 0. The Bertz CT molecular complexity index is 795. The predicted molar refractivity (Wildman–Crippen MR) is 135 cm³/mol. The molecule has 0 nitrogen and oxygen atoms in total. The molecular formula is C31H46F2. The normalized spacial score (nSPS) is 29.8. The van der Waals surface area contributed by atoms with Gasteiger partial charge in [-0.1, -0.05) is 63.7 Å². The fourth-order valence-corrected chi connectivity index (χ4v) is 7.49. The minimum Gasteiger partial charge on any atom is -0.203 e. The number of rotatable bonds is 9. The molecule has 3 aliphatic carbocycles. The molecule has 184 valence electrons. The zero-order valence-electron chi connectivity index (χ0n) is 21.2. The Hall–Kier alpha value is -1.18. The average Bonchev–Trinajstić information content (AvgIpc) is 2.84. The van der Waals surface area contributed by atoms with Gasteiger partial charge in [0.05, 0.1) is 0 Å². The van der Waals surface area contributed by atoms with E-state index in [2.05, 4.69) is 6.92 Å². The van der Waals surface area contributed by atoms with Crippen LogP contribution in [0.15, 0.2) is 18.2 Å². The maximum absolute atomic E-state index is 15.1. The van der Waals surface area contributed by atoms with Gasteiger partial charge in [0.15, 0.2) is 11.6 Å². The number of aryl methyl sites for hydroxylation is 2. The van der Waals surface area contributed by atoms with Crippen molar-refractivity contribution in [3.8, 4) is 0 Å². The highest BCUT2D eigenvalue weighted by Gasteiger charge is 2.39. The summed E-state index contributed by atoms with van der Waals surface area (Å²) in [4.78, 5) is 0. The van der Waals surface area contributed by atoms with Crippen LogP contribution in [0.5, 0.6) is 0 Å². The van der Waals surface area contributed by atoms with Gasteiger partial charge < -0.3 is 0 Å². The van der Waals surface area contributed by atoms with Crippen molar-refractivity contribution in [2.45, 2.75) is 117 Å². The van der Waals surface area contributed by atoms with E-state index in [1.165, 1.54) is 70.6 Å². The highest BCUT2D eigenvalue weighted by molar-refractivity contribution is 5.37. The van der Waals surface area contributed by atoms with Crippen LogP contribution in [0.1, 0.15) is 114 Å². The summed E-state index contributed by atoms with van der Waals surface area (Å²) < 4.78 is 29.8. The van der Waals surface area contributed by atoms with Crippen LogP contribution in [0.25, 0.3) is 0 Å². The van der Waals surface area contributed by atoms with E-state index in [1.807, 2.05) is 25.1 Å². The summed E-state index contributed by atoms with van der Waals surface area (Å²) in [5.74, 6) is 2.96. The van der Waals surface area contributed by atoms with E-state index in [0.717, 1.165) is 54.9 Å². The van der Waals surface area contributed by atoms with Crippen LogP contribution in [-0.2, 0) is 19.3 Å². The maximum Gasteiger partial charge on any atom is 0.162 e. The SMILES string of the molecule is C/C=C/CCc1cc2c(c(F)c1F)CC(C1CCC3CC(CCCCCC)CCC3C1)CC2. The van der Waals surface area contributed by atoms with Crippen LogP contribution in [-0.4, -0.2) is 0 Å². The third-order valence-electron chi connectivity index (χ3n) is 9.44. The van der Waals surface area contributed by atoms with Crippen molar-refractivity contribution in [2.75, 3.05) is 0 Å². The molecule has 0 radical (unpaired) electrons. The Kier molecular flexibility index (Phi) is 9.05. The van der Waals surface area contributed by atoms with Crippen LogP contribution in [0, 0.1) is 41.2 Å². The average molecular weight is 457 g/mol. The second-order valence-electron chi connectivity index (χ2n) is 11.5. The molecule has 0 bridgehead atoms. The van der Waals surface area contributed by atoms with E-state index in [0.29, 0.717) is 23.5 Å². The highest BCUT2D eigenvalue weighted by atomic mass is 19.2. The lowest BCUT2D eigenvalue weighted by Crippen LogP contribution is -2.35. The van der Waals surface area contributed by atoms with Crippen molar-refractivity contribution in [1.29, 1.82) is 0 Å². The molecule has 5 unspecified atom stereocenters. The number of fused-ring (bicyclic) bond motifs is 2. The standard InChI is InChI=1S/C31H46F2/c1-3-5-7-9-10-22-12-13-24-19-25(15-14-23(24)18-22)26-16-17-27-20-28(11-8-6-4-2)30(32)31(33)29(27)21-26/h4,6,20,22-26H,3,5,7-19,21H2,1-2H3/b6-4+. The van der Waals surface area contributed by atoms with Gasteiger partial charge in [0.2, 0.25) is 0 Å². The molecule has 2 fully saturated rings. The Morgan fingerprint density at radius 1 is 0.879 bits per heavy atom. The molecule has 0 heterocycles. The smallest absolute Gasteiger partial charge is 0.162 e. The summed E-state index contributed by atoms with van der Waals surface area (Å²) in [6.07, 6.45) is 23.6. The van der Waals surface area contributed by atoms with Crippen molar-refractivity contribution >= 4 is 0 Å². The van der Waals surface area contributed by atoms with Crippen molar-refractivity contribution in [1.82, 2.24) is 0 Å². The number of hydrogen-bond donors (Lipinski definition) is 0. The highest BCUT2D eigenvalue weighted by Crippen LogP contribution is 2.49. The van der Waals surface area contributed by atoms with E-state index in [9.17, 15) is 4.39 Å². The van der Waals surface area contributed by atoms with Gasteiger partial charge in [0.1, 0.15) is 0 Å². The van der Waals surface area contributed by atoms with E-state index in [1.54, 1.807) is 0 Å². The fourth-order valence-electron chi connectivity index (χ4n) is 7.49. The summed E-state index contributed by atoms with van der Waals surface area (Å²) in [7, 11) is 0. The Morgan fingerprint density at radius 3 is 2.42 bits per heavy atom. The van der Waals surface area contributed by atoms with Gasteiger partial charge in [0.25, 0.3) is 0 Å². The molecule has 0 aliphatic heterocycles. The van der Waals surface area contributed by atoms with Crippen molar-refractivity contribution in [3.63, 3.8) is 0 Å². The summed E-state index contributed by atoms with van der Waals surface area (Å²) in [6.45, 7) is 4.26. The molecule has 33 heavy (non-hydrogen) atoms. The zero-order chi connectivity index (χ0) is 23.2. The van der Waals surface area contributed by atoms with Crippen molar-refractivity contribution in [3.05, 3.63) is 46.5 Å². The Balaban J connectivity index is 1.32. The predicted octanol–water partition coefficient (Wildman–Crippen LogP) is 9.38. The molecule has 3 aliphatic rings. The molecule has 1 aromatic rings. The van der Waals surface area contributed by atoms with Crippen LogP contribution < -0.4 is 0 Å². The fraction of sp³-hybridized carbons (Fsp3) is 0.742. The molecule has 0 spiro atoms. The Morgan fingerprint density at radius 2 is 1.64 bits per heavy atom. The largest absolute Gasteiger partial charge is 0.203 e. The second kappa shape index (κ2) is 12.0. The van der Waals surface area contributed by atoms with Gasteiger partial charge in [-0.15, -0.1) is 0 Å². The number of halogens is 2. The molecule has 0 N–H and O–H groups in total. The lowest BCUT2D eigenvalue weighted by atomic mass is 9.60. The van der Waals surface area contributed by atoms with Gasteiger partial charge >= 0.3 is 0 Å². The quantitative estimate of drug-likeness (QED) is 0.256. The molecule has 5 atom stereocenters. The van der Waals surface area contributed by atoms with Crippen LogP contribution in [0.3, 0.4) is 0 Å². The van der Waals surface area contributed by atoms with Gasteiger partial charge in [-0.2, -0.15) is 0 Å². The Labute approximate surface area is 201 Å². The van der Waals surface area contributed by atoms with Crippen LogP contribution >= 0.6 is 0 Å². The number of hydrogen-bond acceptors (Lipinski definition) is 0. The summed E-state index contributed by atoms with van der Waals surface area (Å²) in [5.41, 5.74) is 2.35. The topological polar surface area (TPSA) is 0 Å². The van der Waals surface area contributed by atoms with Gasteiger partial charge in [0, 0.05) is 0 Å². The molecule has 2 saturated carbocycles. The van der Waals surface area contributed by atoms with Crippen molar-refractivity contribution < 1.29 is 8.78 Å². The summed E-state index contributed by atoms with van der Waals surface area (Å²) in [6, 6.07) is 1.98. The maximum atomic E-state index is 15.1. The summed E-state index contributed by atoms with van der Waals surface area (Å²) >= 11 is 0. The molecule has 0 saturated heterocycles. The minimum absolute atomic E-state index is 0.537. The second-order valence-corrected chi connectivity index (χ2v) is 11.5. The number of allylic oxidation sites excluding steroid dienone is 2. The molecule has 0 aromatic heterocycles. The van der Waals surface area contributed by atoms with Gasteiger partial charge in [-0.25, -0.2) is 8.78 Å². The molecule has 4 rings (SSSR count). The first-order chi connectivity index (χ1) is 16.1. The van der Waals surface area contributed by atoms with E-state index < -0.39 is 11.6 Å². The molecule has 2 heteroatoms. The van der Waals surface area contributed by atoms with E-state index in [4.69, 9.17) is 0 Å². The third-order valence-corrected chi connectivity index (χ3v) is 9.44. The zero-order valence-corrected chi connectivity index (χ0v) is 21.2. The monoisotopic (exact) mass is 456 g/mol.